The summed E-state index contributed by atoms with van der Waals surface area (Å²) in [5, 5.41) is 0. The van der Waals surface area contributed by atoms with E-state index < -0.39 is 0 Å². The van der Waals surface area contributed by atoms with Crippen LogP contribution in [0.15, 0.2) is 12.4 Å². The van der Waals surface area contributed by atoms with Gasteiger partial charge in [-0.3, -0.25) is 0 Å². The molecule has 0 fully saturated rings. The van der Waals surface area contributed by atoms with Crippen LogP contribution in [0, 0.1) is 0 Å². The van der Waals surface area contributed by atoms with Gasteiger partial charge >= 0.3 is 0 Å². The molecule has 12 heavy (non-hydrogen) atoms. The third kappa shape index (κ3) is 2.03. The zero-order chi connectivity index (χ0) is 9.19. The molecule has 0 atom stereocenters. The predicted octanol–water partition coefficient (Wildman–Crippen LogP) is 2.34. The Bertz CT molecular complexity index is 261. The van der Waals surface area contributed by atoms with Crippen molar-refractivity contribution in [3.05, 3.63) is 23.8 Å². The number of hydrogen-bond donors (Lipinski definition) is 0. The summed E-state index contributed by atoms with van der Waals surface area (Å²) in [6, 6.07) is 2.08. The van der Waals surface area contributed by atoms with Gasteiger partial charge in [0, 0.05) is 16.8 Å². The second kappa shape index (κ2) is 3.21. The second-order valence-corrected chi connectivity index (χ2v) is 4.00. The van der Waals surface area contributed by atoms with Crippen molar-refractivity contribution in [3.63, 3.8) is 0 Å². The topological polar surface area (TPSA) is 25.8 Å². The highest BCUT2D eigenvalue weighted by Gasteiger charge is 2.15. The van der Waals surface area contributed by atoms with Gasteiger partial charge < -0.3 is 0 Å². The number of aryl methyl sites for hydroxylation is 1. The minimum absolute atomic E-state index is 0.132. The minimum atomic E-state index is 0.132. The smallest absolute Gasteiger partial charge is 0.115 e. The van der Waals surface area contributed by atoms with E-state index >= 15 is 0 Å². The Kier molecular flexibility index (Phi) is 2.46. The quantitative estimate of drug-likeness (QED) is 0.636. The van der Waals surface area contributed by atoms with E-state index in [9.17, 15) is 0 Å². The fourth-order valence-corrected chi connectivity index (χ4v) is 1.00. The van der Waals surface area contributed by atoms with Crippen molar-refractivity contribution in [1.82, 2.24) is 9.97 Å². The molecular weight excluding hydrogens is 148 g/mol. The summed E-state index contributed by atoms with van der Waals surface area (Å²) in [5.74, 6) is 0. The van der Waals surface area contributed by atoms with Gasteiger partial charge in [-0.05, 0) is 12.5 Å². The molecule has 0 aliphatic rings. The van der Waals surface area contributed by atoms with E-state index in [2.05, 4.69) is 43.7 Å². The van der Waals surface area contributed by atoms with Crippen LogP contribution in [0.1, 0.15) is 39.1 Å². The monoisotopic (exact) mass is 164 g/mol. The summed E-state index contributed by atoms with van der Waals surface area (Å²) >= 11 is 0. The summed E-state index contributed by atoms with van der Waals surface area (Å²) in [6.45, 7) is 8.59. The second-order valence-electron chi connectivity index (χ2n) is 4.00. The van der Waals surface area contributed by atoms with Crippen LogP contribution < -0.4 is 0 Å². The number of hydrogen-bond acceptors (Lipinski definition) is 2. The van der Waals surface area contributed by atoms with Gasteiger partial charge in [0.25, 0.3) is 0 Å². The SMILES string of the molecule is CCc1cc(C(C)(C)C)ncn1. The van der Waals surface area contributed by atoms with E-state index in [-0.39, 0.29) is 5.41 Å². The van der Waals surface area contributed by atoms with Crippen LogP contribution in [0.2, 0.25) is 0 Å². The first-order chi connectivity index (χ1) is 5.54. The number of nitrogens with zero attached hydrogens (tertiary/aromatic N) is 2. The van der Waals surface area contributed by atoms with Gasteiger partial charge in [0.15, 0.2) is 0 Å². The van der Waals surface area contributed by atoms with E-state index in [1.54, 1.807) is 6.33 Å². The fourth-order valence-electron chi connectivity index (χ4n) is 1.00. The first kappa shape index (κ1) is 9.17. The van der Waals surface area contributed by atoms with E-state index in [4.69, 9.17) is 0 Å². The van der Waals surface area contributed by atoms with Gasteiger partial charge in [0.2, 0.25) is 0 Å². The number of aromatic nitrogens is 2. The van der Waals surface area contributed by atoms with E-state index in [0.717, 1.165) is 17.8 Å². The van der Waals surface area contributed by atoms with Crippen LogP contribution in [0.3, 0.4) is 0 Å². The minimum Gasteiger partial charge on any atom is -0.241 e. The average molecular weight is 164 g/mol. The molecular formula is C10H16N2. The Morgan fingerprint density at radius 1 is 1.25 bits per heavy atom. The highest BCUT2D eigenvalue weighted by molar-refractivity contribution is 5.15. The molecule has 1 rings (SSSR count). The molecule has 66 valence electrons. The highest BCUT2D eigenvalue weighted by Crippen LogP contribution is 2.19. The van der Waals surface area contributed by atoms with Crippen LogP contribution in [0.25, 0.3) is 0 Å². The lowest BCUT2D eigenvalue weighted by Crippen LogP contribution is -2.14. The van der Waals surface area contributed by atoms with Crippen molar-refractivity contribution < 1.29 is 0 Å². The van der Waals surface area contributed by atoms with Gasteiger partial charge in [-0.2, -0.15) is 0 Å². The van der Waals surface area contributed by atoms with E-state index in [1.807, 2.05) is 0 Å². The molecule has 0 bridgehead atoms. The maximum absolute atomic E-state index is 4.25. The van der Waals surface area contributed by atoms with E-state index in [1.165, 1.54) is 0 Å². The predicted molar refractivity (Wildman–Crippen MR) is 50.1 cm³/mol. The maximum Gasteiger partial charge on any atom is 0.115 e. The molecule has 0 amide bonds. The first-order valence-corrected chi connectivity index (χ1v) is 4.35. The molecule has 1 aromatic heterocycles. The van der Waals surface area contributed by atoms with Crippen molar-refractivity contribution >= 4 is 0 Å². The van der Waals surface area contributed by atoms with Gasteiger partial charge in [-0.1, -0.05) is 27.7 Å². The molecule has 0 aliphatic heterocycles. The summed E-state index contributed by atoms with van der Waals surface area (Å²) in [6.07, 6.45) is 2.63. The lowest BCUT2D eigenvalue weighted by Gasteiger charge is -2.17. The van der Waals surface area contributed by atoms with Crippen LogP contribution in [0.5, 0.6) is 0 Å². The lowest BCUT2D eigenvalue weighted by molar-refractivity contribution is 0.565. The third-order valence-corrected chi connectivity index (χ3v) is 1.85. The van der Waals surface area contributed by atoms with Gasteiger partial charge in [-0.25, -0.2) is 9.97 Å². The molecule has 2 heteroatoms. The van der Waals surface area contributed by atoms with Crippen molar-refractivity contribution in [2.24, 2.45) is 0 Å². The Morgan fingerprint density at radius 2 is 1.92 bits per heavy atom. The third-order valence-electron chi connectivity index (χ3n) is 1.85. The summed E-state index contributed by atoms with van der Waals surface area (Å²) in [4.78, 5) is 8.41. The Labute approximate surface area is 74.1 Å². The molecule has 0 spiro atoms. The van der Waals surface area contributed by atoms with Crippen molar-refractivity contribution in [3.8, 4) is 0 Å². The molecule has 0 aliphatic carbocycles. The molecule has 0 radical (unpaired) electrons. The maximum atomic E-state index is 4.25. The molecule has 0 unspecified atom stereocenters. The van der Waals surface area contributed by atoms with Crippen molar-refractivity contribution in [2.45, 2.75) is 39.5 Å². The molecule has 0 saturated carbocycles. The van der Waals surface area contributed by atoms with Crippen molar-refractivity contribution in [2.75, 3.05) is 0 Å². The zero-order valence-corrected chi connectivity index (χ0v) is 8.26. The summed E-state index contributed by atoms with van der Waals surface area (Å²) in [7, 11) is 0. The highest BCUT2D eigenvalue weighted by atomic mass is 14.8. The zero-order valence-electron chi connectivity index (χ0n) is 8.26. The van der Waals surface area contributed by atoms with Crippen LogP contribution in [-0.4, -0.2) is 9.97 Å². The van der Waals surface area contributed by atoms with E-state index in [0.29, 0.717) is 0 Å². The Morgan fingerprint density at radius 3 is 2.42 bits per heavy atom. The molecule has 0 saturated heterocycles. The van der Waals surface area contributed by atoms with Gasteiger partial charge in [0.05, 0.1) is 0 Å². The fraction of sp³-hybridized carbons (Fsp3) is 0.600. The standard InChI is InChI=1S/C10H16N2/c1-5-8-6-9(10(2,3)4)12-7-11-8/h6-7H,5H2,1-4H3. The van der Waals surface area contributed by atoms with Crippen LogP contribution in [0.4, 0.5) is 0 Å². The normalized spacial score (nSPS) is 11.7. The number of rotatable bonds is 1. The Balaban J connectivity index is 3.02. The molecule has 2 nitrogen and oxygen atoms in total. The van der Waals surface area contributed by atoms with Gasteiger partial charge in [0.1, 0.15) is 6.33 Å². The first-order valence-electron chi connectivity index (χ1n) is 4.35. The molecule has 1 aromatic rings. The van der Waals surface area contributed by atoms with Crippen molar-refractivity contribution in [1.29, 1.82) is 0 Å². The largest absolute Gasteiger partial charge is 0.241 e. The summed E-state index contributed by atoms with van der Waals surface area (Å²) < 4.78 is 0. The Hall–Kier alpha value is -0.920. The summed E-state index contributed by atoms with van der Waals surface area (Å²) in [5.41, 5.74) is 2.37. The average Bonchev–Trinajstić information content (AvgIpc) is 2.03. The van der Waals surface area contributed by atoms with Crippen LogP contribution in [-0.2, 0) is 11.8 Å². The molecule has 0 N–H and O–H groups in total. The molecule has 0 aromatic carbocycles. The molecule has 1 heterocycles. The lowest BCUT2D eigenvalue weighted by atomic mass is 9.91. The van der Waals surface area contributed by atoms with Gasteiger partial charge in [-0.15, -0.1) is 0 Å². The van der Waals surface area contributed by atoms with Crippen LogP contribution >= 0.6 is 0 Å².